The third kappa shape index (κ3) is 6.22. The van der Waals surface area contributed by atoms with Gasteiger partial charge in [0.05, 0.1) is 18.9 Å². The highest BCUT2D eigenvalue weighted by molar-refractivity contribution is 7.09. The molecule has 6 aromatic rings. The Hall–Kier alpha value is -4.13. The average molecular weight is 626 g/mol. The molecule has 1 aromatic heterocycles. The average Bonchev–Trinajstić information content (AvgIpc) is 3.55. The summed E-state index contributed by atoms with van der Waals surface area (Å²) in [7, 11) is -2.67. The minimum atomic E-state index is -2.67. The van der Waals surface area contributed by atoms with E-state index in [0.717, 1.165) is 27.4 Å². The van der Waals surface area contributed by atoms with Gasteiger partial charge in [-0.25, -0.2) is 4.98 Å². The van der Waals surface area contributed by atoms with E-state index in [9.17, 15) is 0 Å². The van der Waals surface area contributed by atoms with Crippen LogP contribution in [-0.4, -0.2) is 13.3 Å². The third-order valence-corrected chi connectivity index (χ3v) is 14.3. The van der Waals surface area contributed by atoms with Crippen molar-refractivity contribution in [3.05, 3.63) is 184 Å². The molecule has 226 valence electrons. The summed E-state index contributed by atoms with van der Waals surface area (Å²) in [6, 6.07) is 52.9. The van der Waals surface area contributed by atoms with Gasteiger partial charge < -0.3 is 9.16 Å². The molecule has 0 fully saturated rings. The predicted molar refractivity (Wildman–Crippen MR) is 189 cm³/mol. The lowest BCUT2D eigenvalue weighted by Crippen LogP contribution is -2.66. The molecule has 0 spiro atoms. The van der Waals surface area contributed by atoms with Crippen LogP contribution in [0.15, 0.2) is 157 Å². The van der Waals surface area contributed by atoms with Crippen LogP contribution in [0.25, 0.3) is 0 Å². The van der Waals surface area contributed by atoms with Gasteiger partial charge in [0.1, 0.15) is 10.6 Å². The summed E-state index contributed by atoms with van der Waals surface area (Å²) < 4.78 is 14.2. The maximum atomic E-state index is 7.17. The molecule has 3 nitrogen and oxygen atoms in total. The maximum absolute atomic E-state index is 7.17. The molecule has 5 heteroatoms. The van der Waals surface area contributed by atoms with Gasteiger partial charge in [-0.2, -0.15) is 0 Å². The lowest BCUT2D eigenvalue weighted by molar-refractivity contribution is -0.00126. The van der Waals surface area contributed by atoms with Crippen LogP contribution in [0.2, 0.25) is 5.04 Å². The quantitative estimate of drug-likeness (QED) is 0.107. The Balaban J connectivity index is 1.31. The SMILES string of the molecule is CC(C)(C)[Si](OCc1nc(COC(c2ccccc2)(c2ccccc2)c2ccccc2)cs1)(c1ccccc1)c1ccccc1. The first-order valence-corrected chi connectivity index (χ1v) is 18.2. The van der Waals surface area contributed by atoms with Crippen molar-refractivity contribution < 1.29 is 9.16 Å². The summed E-state index contributed by atoms with van der Waals surface area (Å²) in [6.07, 6.45) is 0. The number of benzene rings is 5. The number of thiazole rings is 1. The Morgan fingerprint density at radius 1 is 0.556 bits per heavy atom. The molecule has 0 radical (unpaired) electrons. The summed E-state index contributed by atoms with van der Waals surface area (Å²) >= 11 is 1.64. The molecule has 0 N–H and O–H groups in total. The second-order valence-corrected chi connectivity index (χ2v) is 17.5. The smallest absolute Gasteiger partial charge is 0.261 e. The molecule has 0 bridgehead atoms. The summed E-state index contributed by atoms with van der Waals surface area (Å²) in [4.78, 5) is 5.06. The second-order valence-electron chi connectivity index (χ2n) is 12.3. The fourth-order valence-electron chi connectivity index (χ4n) is 6.36. The Morgan fingerprint density at radius 3 is 1.36 bits per heavy atom. The molecule has 0 aliphatic rings. The largest absolute Gasteiger partial charge is 0.401 e. The monoisotopic (exact) mass is 625 g/mol. The molecular formula is C40H39NO2SSi. The summed E-state index contributed by atoms with van der Waals surface area (Å²) in [5.41, 5.74) is 3.33. The zero-order chi connectivity index (χ0) is 31.2. The first-order chi connectivity index (χ1) is 21.9. The fraction of sp³-hybridized carbons (Fsp3) is 0.175. The zero-order valence-corrected chi connectivity index (χ0v) is 27.9. The van der Waals surface area contributed by atoms with E-state index in [1.165, 1.54) is 10.4 Å². The predicted octanol–water partition coefficient (Wildman–Crippen LogP) is 8.73. The van der Waals surface area contributed by atoms with Gasteiger partial charge in [-0.3, -0.25) is 0 Å². The zero-order valence-electron chi connectivity index (χ0n) is 26.1. The van der Waals surface area contributed by atoms with Crippen molar-refractivity contribution in [2.24, 2.45) is 0 Å². The van der Waals surface area contributed by atoms with Crippen LogP contribution in [0, 0.1) is 0 Å². The molecule has 45 heavy (non-hydrogen) atoms. The van der Waals surface area contributed by atoms with Crippen molar-refractivity contribution in [1.29, 1.82) is 0 Å². The van der Waals surface area contributed by atoms with Gasteiger partial charge in [0, 0.05) is 5.38 Å². The standard InChI is InChI=1S/C40H39NO2SSi/c1-39(2,3)45(36-25-15-7-16-26-36,37-27-17-8-18-28-37)43-30-38-41-35(31-44-38)29-42-40(32-19-9-4-10-20-32,33-21-11-5-12-22-33)34-23-13-6-14-24-34/h4-28,31H,29-30H2,1-3H3. The van der Waals surface area contributed by atoms with E-state index >= 15 is 0 Å². The van der Waals surface area contributed by atoms with Gasteiger partial charge in [-0.05, 0) is 32.1 Å². The third-order valence-electron chi connectivity index (χ3n) is 8.41. The number of rotatable bonds is 11. The molecule has 0 unspecified atom stereocenters. The molecule has 0 saturated carbocycles. The van der Waals surface area contributed by atoms with Gasteiger partial charge in [-0.1, -0.05) is 172 Å². The van der Waals surface area contributed by atoms with E-state index in [2.05, 4.69) is 160 Å². The van der Waals surface area contributed by atoms with Crippen molar-refractivity contribution in [3.8, 4) is 0 Å². The van der Waals surface area contributed by atoms with Crippen LogP contribution >= 0.6 is 11.3 Å². The van der Waals surface area contributed by atoms with Crippen molar-refractivity contribution in [2.45, 2.75) is 44.6 Å². The van der Waals surface area contributed by atoms with Crippen LogP contribution in [0.4, 0.5) is 0 Å². The van der Waals surface area contributed by atoms with Crippen LogP contribution in [0.5, 0.6) is 0 Å². The van der Waals surface area contributed by atoms with E-state index in [1.54, 1.807) is 11.3 Å². The van der Waals surface area contributed by atoms with Gasteiger partial charge in [-0.15, -0.1) is 11.3 Å². The van der Waals surface area contributed by atoms with Crippen molar-refractivity contribution in [3.63, 3.8) is 0 Å². The number of aromatic nitrogens is 1. The Bertz CT molecular complexity index is 1630. The Kier molecular flexibility index (Phi) is 9.24. The molecule has 0 amide bonds. The van der Waals surface area contributed by atoms with Gasteiger partial charge in [0.2, 0.25) is 0 Å². The van der Waals surface area contributed by atoms with Crippen molar-refractivity contribution in [1.82, 2.24) is 4.98 Å². The first-order valence-electron chi connectivity index (χ1n) is 15.4. The number of hydrogen-bond donors (Lipinski definition) is 0. The lowest BCUT2D eigenvalue weighted by atomic mass is 9.80. The topological polar surface area (TPSA) is 31.4 Å². The highest BCUT2D eigenvalue weighted by Gasteiger charge is 2.50. The summed E-state index contributed by atoms with van der Waals surface area (Å²) in [5, 5.41) is 5.49. The number of ether oxygens (including phenoxy) is 1. The van der Waals surface area contributed by atoms with E-state index in [4.69, 9.17) is 14.1 Å². The van der Waals surface area contributed by atoms with E-state index in [-0.39, 0.29) is 5.04 Å². The van der Waals surface area contributed by atoms with Gasteiger partial charge >= 0.3 is 0 Å². The molecule has 0 saturated heterocycles. The van der Waals surface area contributed by atoms with Crippen LogP contribution in [0.1, 0.15) is 48.2 Å². The summed E-state index contributed by atoms with van der Waals surface area (Å²) in [5.74, 6) is 0. The second kappa shape index (κ2) is 13.5. The highest BCUT2D eigenvalue weighted by Crippen LogP contribution is 2.41. The van der Waals surface area contributed by atoms with Crippen LogP contribution in [-0.2, 0) is 28.0 Å². The molecule has 1 heterocycles. The molecular weight excluding hydrogens is 587 g/mol. The van der Waals surface area contributed by atoms with Crippen molar-refractivity contribution in [2.75, 3.05) is 0 Å². The minimum Gasteiger partial charge on any atom is -0.401 e. The molecule has 0 atom stereocenters. The number of nitrogens with zero attached hydrogens (tertiary/aromatic N) is 1. The fourth-order valence-corrected chi connectivity index (χ4v) is 11.7. The van der Waals surface area contributed by atoms with E-state index < -0.39 is 13.9 Å². The molecule has 5 aromatic carbocycles. The van der Waals surface area contributed by atoms with Crippen LogP contribution < -0.4 is 10.4 Å². The normalized spacial score (nSPS) is 12.2. The van der Waals surface area contributed by atoms with Crippen LogP contribution in [0.3, 0.4) is 0 Å². The van der Waals surface area contributed by atoms with Gasteiger partial charge in [0.15, 0.2) is 0 Å². The van der Waals surface area contributed by atoms with E-state index in [0.29, 0.717) is 13.2 Å². The minimum absolute atomic E-state index is 0.0977. The highest BCUT2D eigenvalue weighted by atomic mass is 32.1. The molecule has 0 aliphatic carbocycles. The molecule has 0 aliphatic heterocycles. The Morgan fingerprint density at radius 2 is 0.956 bits per heavy atom. The number of hydrogen-bond acceptors (Lipinski definition) is 4. The lowest BCUT2D eigenvalue weighted by Gasteiger charge is -2.42. The summed E-state index contributed by atoms with van der Waals surface area (Å²) in [6.45, 7) is 7.71. The van der Waals surface area contributed by atoms with Gasteiger partial charge in [0.25, 0.3) is 8.32 Å². The first kappa shape index (κ1) is 30.9. The molecule has 6 rings (SSSR count). The Labute approximate surface area is 272 Å². The van der Waals surface area contributed by atoms with E-state index in [1.807, 2.05) is 18.2 Å². The maximum Gasteiger partial charge on any atom is 0.261 e. The van der Waals surface area contributed by atoms with Crippen molar-refractivity contribution >= 4 is 30.0 Å².